The van der Waals surface area contributed by atoms with Gasteiger partial charge in [-0.25, -0.2) is 14.1 Å². The molecule has 27 heavy (non-hydrogen) atoms. The lowest BCUT2D eigenvalue weighted by Crippen LogP contribution is -2.09. The molecular formula is C18H20FN5O3. The van der Waals surface area contributed by atoms with Gasteiger partial charge < -0.3 is 14.2 Å². The molecule has 0 aliphatic carbocycles. The topological polar surface area (TPSA) is 84.2 Å². The van der Waals surface area contributed by atoms with E-state index in [-0.39, 0.29) is 18.6 Å². The Kier molecular flexibility index (Phi) is 6.39. The number of benzene rings is 1. The molecule has 0 radical (unpaired) electrons. The summed E-state index contributed by atoms with van der Waals surface area (Å²) < 4.78 is 30.8. The van der Waals surface area contributed by atoms with Gasteiger partial charge in [-0.2, -0.15) is 4.98 Å². The molecule has 0 atom stereocenters. The van der Waals surface area contributed by atoms with E-state index in [4.69, 9.17) is 14.2 Å². The van der Waals surface area contributed by atoms with Gasteiger partial charge >= 0.3 is 6.01 Å². The Morgan fingerprint density at radius 3 is 2.67 bits per heavy atom. The summed E-state index contributed by atoms with van der Waals surface area (Å²) in [5.74, 6) is -0.321. The Bertz CT molecular complexity index is 870. The maximum absolute atomic E-state index is 13.3. The number of hydrogen-bond donors (Lipinski definition) is 0. The molecule has 2 heterocycles. The number of nitrogens with zero attached hydrogens (tertiary/aromatic N) is 5. The Morgan fingerprint density at radius 1 is 1.11 bits per heavy atom. The zero-order chi connectivity index (χ0) is 19.1. The van der Waals surface area contributed by atoms with Crippen molar-refractivity contribution in [3.8, 4) is 28.7 Å². The molecule has 8 nitrogen and oxygen atoms in total. The highest BCUT2D eigenvalue weighted by atomic mass is 19.1. The van der Waals surface area contributed by atoms with Crippen LogP contribution in [0.4, 0.5) is 4.39 Å². The monoisotopic (exact) mass is 373 g/mol. The summed E-state index contributed by atoms with van der Waals surface area (Å²) in [6, 6.07) is 7.99. The number of aromatic nitrogens is 5. The second-order valence-electron chi connectivity index (χ2n) is 5.48. The normalized spacial score (nSPS) is 10.9. The molecule has 142 valence electrons. The van der Waals surface area contributed by atoms with Crippen LogP contribution >= 0.6 is 0 Å². The molecule has 1 aromatic carbocycles. The third-order valence-corrected chi connectivity index (χ3v) is 3.67. The minimum Gasteiger partial charge on any atom is -0.461 e. The van der Waals surface area contributed by atoms with Gasteiger partial charge in [-0.3, -0.25) is 0 Å². The second-order valence-corrected chi connectivity index (χ2v) is 5.48. The van der Waals surface area contributed by atoms with Gasteiger partial charge in [-0.05, 0) is 37.3 Å². The van der Waals surface area contributed by atoms with Crippen molar-refractivity contribution in [3.05, 3.63) is 42.3 Å². The SMILES string of the molecule is CCOCn1nnc(-c2ccc(F)cc2)c1-c1ccnc(OCCOC)n1. The molecule has 0 N–H and O–H groups in total. The average molecular weight is 373 g/mol. The van der Waals surface area contributed by atoms with Crippen molar-refractivity contribution in [2.45, 2.75) is 13.7 Å². The lowest BCUT2D eigenvalue weighted by Gasteiger charge is -2.09. The second kappa shape index (κ2) is 9.15. The summed E-state index contributed by atoms with van der Waals surface area (Å²) in [5, 5.41) is 8.40. The van der Waals surface area contributed by atoms with Crippen molar-refractivity contribution in [1.82, 2.24) is 25.0 Å². The molecule has 0 saturated heterocycles. The largest absolute Gasteiger partial charge is 0.461 e. The predicted octanol–water partition coefficient (Wildman–Crippen LogP) is 2.56. The first-order chi connectivity index (χ1) is 13.2. The standard InChI is InChI=1S/C18H20FN5O3/c1-3-26-12-24-17(15-8-9-20-18(21-15)27-11-10-25-2)16(22-23-24)13-4-6-14(19)7-5-13/h4-9H,3,10-12H2,1-2H3. The van der Waals surface area contributed by atoms with Crippen molar-refractivity contribution < 1.29 is 18.6 Å². The molecular weight excluding hydrogens is 353 g/mol. The lowest BCUT2D eigenvalue weighted by atomic mass is 10.1. The van der Waals surface area contributed by atoms with Gasteiger partial charge in [0.1, 0.15) is 30.5 Å². The van der Waals surface area contributed by atoms with Crippen LogP contribution in [0, 0.1) is 5.82 Å². The van der Waals surface area contributed by atoms with E-state index >= 15 is 0 Å². The molecule has 0 bridgehead atoms. The number of rotatable bonds is 9. The summed E-state index contributed by atoms with van der Waals surface area (Å²) in [6.07, 6.45) is 1.59. The minimum absolute atomic E-state index is 0.212. The molecule has 0 aliphatic rings. The van der Waals surface area contributed by atoms with E-state index in [0.29, 0.717) is 36.9 Å². The van der Waals surface area contributed by atoms with E-state index in [0.717, 1.165) is 5.56 Å². The lowest BCUT2D eigenvalue weighted by molar-refractivity contribution is 0.0789. The van der Waals surface area contributed by atoms with E-state index < -0.39 is 0 Å². The fourth-order valence-corrected chi connectivity index (χ4v) is 2.40. The Balaban J connectivity index is 2.00. The molecule has 0 saturated carbocycles. The quantitative estimate of drug-likeness (QED) is 0.533. The molecule has 3 rings (SSSR count). The van der Waals surface area contributed by atoms with Crippen LogP contribution in [0.2, 0.25) is 0 Å². The highest BCUT2D eigenvalue weighted by molar-refractivity contribution is 5.76. The van der Waals surface area contributed by atoms with Crippen molar-refractivity contribution in [2.75, 3.05) is 26.9 Å². The van der Waals surface area contributed by atoms with Crippen molar-refractivity contribution in [1.29, 1.82) is 0 Å². The Labute approximate surface area is 155 Å². The number of methoxy groups -OCH3 is 1. The van der Waals surface area contributed by atoms with Crippen LogP contribution in [-0.4, -0.2) is 51.9 Å². The molecule has 0 aliphatic heterocycles. The van der Waals surface area contributed by atoms with Crippen LogP contribution in [0.25, 0.3) is 22.6 Å². The van der Waals surface area contributed by atoms with Crippen LogP contribution < -0.4 is 4.74 Å². The van der Waals surface area contributed by atoms with Gasteiger partial charge in [0, 0.05) is 25.5 Å². The van der Waals surface area contributed by atoms with Gasteiger partial charge in [0.25, 0.3) is 0 Å². The first-order valence-corrected chi connectivity index (χ1v) is 8.45. The zero-order valence-electron chi connectivity index (χ0n) is 15.1. The molecule has 0 unspecified atom stereocenters. The maximum Gasteiger partial charge on any atom is 0.317 e. The molecule has 3 aromatic rings. The predicted molar refractivity (Wildman–Crippen MR) is 95.4 cm³/mol. The molecule has 0 amide bonds. The highest BCUT2D eigenvalue weighted by Crippen LogP contribution is 2.29. The average Bonchev–Trinajstić information content (AvgIpc) is 3.11. The van der Waals surface area contributed by atoms with Gasteiger partial charge in [-0.1, -0.05) is 5.21 Å². The summed E-state index contributed by atoms with van der Waals surface area (Å²) >= 11 is 0. The van der Waals surface area contributed by atoms with E-state index in [1.807, 2.05) is 6.92 Å². The Hall–Kier alpha value is -2.91. The zero-order valence-corrected chi connectivity index (χ0v) is 15.1. The summed E-state index contributed by atoms with van der Waals surface area (Å²) in [7, 11) is 1.59. The maximum atomic E-state index is 13.3. The first kappa shape index (κ1) is 18.9. The van der Waals surface area contributed by atoms with Crippen molar-refractivity contribution in [3.63, 3.8) is 0 Å². The minimum atomic E-state index is -0.321. The number of hydrogen-bond acceptors (Lipinski definition) is 7. The smallest absolute Gasteiger partial charge is 0.317 e. The fourth-order valence-electron chi connectivity index (χ4n) is 2.40. The van der Waals surface area contributed by atoms with Gasteiger partial charge in [-0.15, -0.1) is 5.10 Å². The van der Waals surface area contributed by atoms with Crippen LogP contribution in [-0.2, 0) is 16.2 Å². The van der Waals surface area contributed by atoms with E-state index in [1.54, 1.807) is 36.2 Å². The third kappa shape index (κ3) is 4.63. The van der Waals surface area contributed by atoms with Crippen LogP contribution in [0.5, 0.6) is 6.01 Å². The van der Waals surface area contributed by atoms with Gasteiger partial charge in [0.15, 0.2) is 0 Å². The van der Waals surface area contributed by atoms with Gasteiger partial charge in [0.2, 0.25) is 0 Å². The molecule has 0 fully saturated rings. The Morgan fingerprint density at radius 2 is 1.93 bits per heavy atom. The summed E-state index contributed by atoms with van der Waals surface area (Å²) in [5.41, 5.74) is 2.49. The molecule has 9 heteroatoms. The molecule has 2 aromatic heterocycles. The first-order valence-electron chi connectivity index (χ1n) is 8.45. The number of ether oxygens (including phenoxy) is 3. The van der Waals surface area contributed by atoms with Crippen molar-refractivity contribution >= 4 is 0 Å². The number of halogens is 1. The van der Waals surface area contributed by atoms with E-state index in [1.165, 1.54) is 12.1 Å². The molecule has 0 spiro atoms. The summed E-state index contributed by atoms with van der Waals surface area (Å²) in [4.78, 5) is 8.55. The van der Waals surface area contributed by atoms with Crippen LogP contribution in [0.15, 0.2) is 36.5 Å². The van der Waals surface area contributed by atoms with Crippen LogP contribution in [0.3, 0.4) is 0 Å². The third-order valence-electron chi connectivity index (χ3n) is 3.67. The van der Waals surface area contributed by atoms with Gasteiger partial charge in [0.05, 0.1) is 12.3 Å². The van der Waals surface area contributed by atoms with E-state index in [9.17, 15) is 4.39 Å². The summed E-state index contributed by atoms with van der Waals surface area (Å²) in [6.45, 7) is 3.40. The van der Waals surface area contributed by atoms with E-state index in [2.05, 4.69) is 20.3 Å². The highest BCUT2D eigenvalue weighted by Gasteiger charge is 2.19. The fraction of sp³-hybridized carbons (Fsp3) is 0.333. The van der Waals surface area contributed by atoms with Crippen LogP contribution in [0.1, 0.15) is 6.92 Å². The van der Waals surface area contributed by atoms with Crippen molar-refractivity contribution in [2.24, 2.45) is 0 Å².